The molecule has 0 saturated carbocycles. The highest BCUT2D eigenvalue weighted by Crippen LogP contribution is 2.26. The molecule has 5 heteroatoms. The van der Waals surface area contributed by atoms with Crippen LogP contribution in [0, 0.1) is 26.7 Å². The van der Waals surface area contributed by atoms with E-state index < -0.39 is 0 Å². The van der Waals surface area contributed by atoms with E-state index in [9.17, 15) is 4.79 Å². The molecule has 1 aliphatic heterocycles. The first-order valence-electron chi connectivity index (χ1n) is 9.75. The molecule has 1 fully saturated rings. The Bertz CT molecular complexity index is 762. The number of aryl methyl sites for hydroxylation is 2. The summed E-state index contributed by atoms with van der Waals surface area (Å²) in [7, 11) is 0. The predicted molar refractivity (Wildman–Crippen MR) is 111 cm³/mol. The van der Waals surface area contributed by atoms with Gasteiger partial charge in [0, 0.05) is 24.5 Å². The third-order valence-corrected chi connectivity index (χ3v) is 6.48. The molecule has 1 atom stereocenters. The van der Waals surface area contributed by atoms with Gasteiger partial charge in [0.05, 0.1) is 5.25 Å². The Morgan fingerprint density at radius 3 is 2.30 bits per heavy atom. The fraction of sp³-hybridized carbons (Fsp3) is 0.500. The van der Waals surface area contributed by atoms with E-state index in [2.05, 4.69) is 40.3 Å². The molecule has 1 aromatic heterocycles. The molecular weight excluding hydrogens is 354 g/mol. The van der Waals surface area contributed by atoms with Crippen molar-refractivity contribution in [2.24, 2.45) is 5.92 Å². The SMILES string of the molecule is Cc1nc(S[C@H](C)C(=O)N2CCC(Cc3ccccc3)CC2)nc(C)c1C. The molecular formula is C22H29N3OS. The molecule has 1 aliphatic rings. The Morgan fingerprint density at radius 2 is 1.70 bits per heavy atom. The van der Waals surface area contributed by atoms with Gasteiger partial charge in [0.1, 0.15) is 0 Å². The minimum atomic E-state index is -0.155. The fourth-order valence-corrected chi connectivity index (χ4v) is 4.51. The number of piperidine rings is 1. The second kappa shape index (κ2) is 8.87. The van der Waals surface area contributed by atoms with Crippen LogP contribution in [0.1, 0.15) is 42.3 Å². The summed E-state index contributed by atoms with van der Waals surface area (Å²) in [6.45, 7) is 9.71. The lowest BCUT2D eigenvalue weighted by Crippen LogP contribution is -2.42. The Balaban J connectivity index is 1.52. The van der Waals surface area contributed by atoms with Crippen LogP contribution < -0.4 is 0 Å². The van der Waals surface area contributed by atoms with Gasteiger partial charge in [-0.15, -0.1) is 0 Å². The Labute approximate surface area is 166 Å². The quantitative estimate of drug-likeness (QED) is 0.568. The Kier molecular flexibility index (Phi) is 6.53. The smallest absolute Gasteiger partial charge is 0.235 e. The number of aromatic nitrogens is 2. The van der Waals surface area contributed by atoms with Gasteiger partial charge in [-0.25, -0.2) is 9.97 Å². The highest BCUT2D eigenvalue weighted by Gasteiger charge is 2.27. The zero-order valence-corrected chi connectivity index (χ0v) is 17.6. The zero-order valence-electron chi connectivity index (χ0n) is 16.7. The topological polar surface area (TPSA) is 46.1 Å². The van der Waals surface area contributed by atoms with Crippen LogP contribution in [0.15, 0.2) is 35.5 Å². The molecule has 0 aliphatic carbocycles. The number of carbonyl (C=O) groups excluding carboxylic acids is 1. The molecule has 1 saturated heterocycles. The maximum atomic E-state index is 12.9. The van der Waals surface area contributed by atoms with E-state index >= 15 is 0 Å². The van der Waals surface area contributed by atoms with Crippen LogP contribution in [0.5, 0.6) is 0 Å². The number of carbonyl (C=O) groups is 1. The van der Waals surface area contributed by atoms with Gasteiger partial charge in [-0.3, -0.25) is 4.79 Å². The van der Waals surface area contributed by atoms with Gasteiger partial charge < -0.3 is 4.90 Å². The summed E-state index contributed by atoms with van der Waals surface area (Å²) in [5.74, 6) is 0.878. The summed E-state index contributed by atoms with van der Waals surface area (Å²) >= 11 is 1.47. The van der Waals surface area contributed by atoms with Crippen LogP contribution in [0.3, 0.4) is 0 Å². The van der Waals surface area contributed by atoms with Gasteiger partial charge in [-0.1, -0.05) is 42.1 Å². The number of rotatable bonds is 5. The Hall–Kier alpha value is -1.88. The summed E-state index contributed by atoms with van der Waals surface area (Å²) in [6, 6.07) is 10.7. The number of benzene rings is 1. The number of hydrogen-bond donors (Lipinski definition) is 0. The van der Waals surface area contributed by atoms with E-state index in [1.54, 1.807) is 0 Å². The van der Waals surface area contributed by atoms with E-state index in [-0.39, 0.29) is 11.2 Å². The van der Waals surface area contributed by atoms with Crippen LogP contribution in [0.2, 0.25) is 0 Å². The monoisotopic (exact) mass is 383 g/mol. The molecule has 1 amide bonds. The lowest BCUT2D eigenvalue weighted by Gasteiger charge is -2.33. The van der Waals surface area contributed by atoms with Crippen LogP contribution in [-0.2, 0) is 11.2 Å². The summed E-state index contributed by atoms with van der Waals surface area (Å²) in [4.78, 5) is 24.0. The predicted octanol–water partition coefficient (Wildman–Crippen LogP) is 4.36. The van der Waals surface area contributed by atoms with Crippen molar-refractivity contribution >= 4 is 17.7 Å². The van der Waals surface area contributed by atoms with Crippen molar-refractivity contribution in [2.75, 3.05) is 13.1 Å². The van der Waals surface area contributed by atoms with E-state index in [1.165, 1.54) is 17.3 Å². The standard InChI is InChI=1S/C22H29N3OS/c1-15-16(2)23-22(24-17(15)3)27-18(4)21(26)25-12-10-20(11-13-25)14-19-8-6-5-7-9-19/h5-9,18,20H,10-14H2,1-4H3/t18-/m1/s1. The van der Waals surface area contributed by atoms with Crippen LogP contribution in [-0.4, -0.2) is 39.1 Å². The van der Waals surface area contributed by atoms with Crippen molar-refractivity contribution in [1.82, 2.24) is 14.9 Å². The number of amides is 1. The largest absolute Gasteiger partial charge is 0.342 e. The molecule has 2 aromatic rings. The summed E-state index contributed by atoms with van der Waals surface area (Å²) in [5.41, 5.74) is 4.50. The highest BCUT2D eigenvalue weighted by molar-refractivity contribution is 8.00. The third kappa shape index (κ3) is 5.10. The van der Waals surface area contributed by atoms with Crippen molar-refractivity contribution in [3.8, 4) is 0 Å². The highest BCUT2D eigenvalue weighted by atomic mass is 32.2. The molecule has 2 heterocycles. The minimum Gasteiger partial charge on any atom is -0.342 e. The van der Waals surface area contributed by atoms with Gasteiger partial charge in [-0.2, -0.15) is 0 Å². The molecule has 27 heavy (non-hydrogen) atoms. The normalized spacial score (nSPS) is 16.4. The van der Waals surface area contributed by atoms with Gasteiger partial charge >= 0.3 is 0 Å². The zero-order chi connectivity index (χ0) is 19.4. The second-order valence-electron chi connectivity index (χ2n) is 7.52. The molecule has 0 N–H and O–H groups in total. The van der Waals surface area contributed by atoms with Gasteiger partial charge in [0.2, 0.25) is 5.91 Å². The molecule has 4 nitrogen and oxygen atoms in total. The number of hydrogen-bond acceptors (Lipinski definition) is 4. The average molecular weight is 384 g/mol. The maximum absolute atomic E-state index is 12.9. The first-order chi connectivity index (χ1) is 12.9. The van der Waals surface area contributed by atoms with Crippen molar-refractivity contribution in [1.29, 1.82) is 0 Å². The van der Waals surface area contributed by atoms with Crippen LogP contribution >= 0.6 is 11.8 Å². The van der Waals surface area contributed by atoms with Gasteiger partial charge in [-0.05, 0) is 64.0 Å². The van der Waals surface area contributed by atoms with Gasteiger partial charge in [0.15, 0.2) is 5.16 Å². The molecule has 0 radical (unpaired) electrons. The van der Waals surface area contributed by atoms with Crippen molar-refractivity contribution in [2.45, 2.75) is 57.4 Å². The molecule has 0 bridgehead atoms. The summed E-state index contributed by atoms with van der Waals surface area (Å²) < 4.78 is 0. The van der Waals surface area contributed by atoms with Crippen LogP contribution in [0.4, 0.5) is 0 Å². The molecule has 0 unspecified atom stereocenters. The number of thioether (sulfide) groups is 1. The molecule has 0 spiro atoms. The third-order valence-electron chi connectivity index (χ3n) is 5.54. The number of nitrogens with zero attached hydrogens (tertiary/aromatic N) is 3. The van der Waals surface area contributed by atoms with E-state index in [0.29, 0.717) is 11.1 Å². The van der Waals surface area contributed by atoms with E-state index in [0.717, 1.165) is 49.3 Å². The van der Waals surface area contributed by atoms with Gasteiger partial charge in [0.25, 0.3) is 0 Å². The Morgan fingerprint density at radius 1 is 1.11 bits per heavy atom. The van der Waals surface area contributed by atoms with E-state index in [4.69, 9.17) is 0 Å². The lowest BCUT2D eigenvalue weighted by atomic mass is 9.90. The average Bonchev–Trinajstić information content (AvgIpc) is 2.67. The lowest BCUT2D eigenvalue weighted by molar-refractivity contribution is -0.131. The van der Waals surface area contributed by atoms with Crippen molar-refractivity contribution in [3.05, 3.63) is 52.8 Å². The van der Waals surface area contributed by atoms with Crippen LogP contribution in [0.25, 0.3) is 0 Å². The maximum Gasteiger partial charge on any atom is 0.235 e. The summed E-state index contributed by atoms with van der Waals surface area (Å²) in [6.07, 6.45) is 3.28. The van der Waals surface area contributed by atoms with Crippen molar-refractivity contribution < 1.29 is 4.79 Å². The minimum absolute atomic E-state index is 0.155. The van der Waals surface area contributed by atoms with E-state index in [1.807, 2.05) is 32.6 Å². The second-order valence-corrected chi connectivity index (χ2v) is 8.83. The summed E-state index contributed by atoms with van der Waals surface area (Å²) in [5, 5.41) is 0.549. The first-order valence-corrected chi connectivity index (χ1v) is 10.6. The molecule has 144 valence electrons. The number of likely N-dealkylation sites (tertiary alicyclic amines) is 1. The first kappa shape index (κ1) is 19.9. The molecule has 3 rings (SSSR count). The molecule has 1 aromatic carbocycles. The van der Waals surface area contributed by atoms with Crippen molar-refractivity contribution in [3.63, 3.8) is 0 Å². The fourth-order valence-electron chi connectivity index (χ4n) is 3.56.